The Hall–Kier alpha value is -1.14. The van der Waals surface area contributed by atoms with Crippen LogP contribution in [0.25, 0.3) is 0 Å². The molecule has 3 N–H and O–H groups in total. The summed E-state index contributed by atoms with van der Waals surface area (Å²) in [6.07, 6.45) is 1.04. The fraction of sp³-hybridized carbons (Fsp3) is 0.818. The zero-order valence-corrected chi connectivity index (χ0v) is 10.2. The van der Waals surface area contributed by atoms with E-state index < -0.39 is 12.0 Å². The van der Waals surface area contributed by atoms with E-state index in [9.17, 15) is 9.59 Å². The van der Waals surface area contributed by atoms with E-state index in [4.69, 9.17) is 9.84 Å². The maximum atomic E-state index is 11.9. The molecular weight excluding hydrogens is 224 g/mol. The largest absolute Gasteiger partial charge is 0.480 e. The van der Waals surface area contributed by atoms with Crippen LogP contribution in [0.15, 0.2) is 0 Å². The third kappa shape index (κ3) is 3.98. The molecule has 17 heavy (non-hydrogen) atoms. The molecule has 1 fully saturated rings. The summed E-state index contributed by atoms with van der Waals surface area (Å²) in [5.41, 5.74) is 0. The Morgan fingerprint density at radius 2 is 2.29 bits per heavy atom. The molecule has 0 radical (unpaired) electrons. The van der Waals surface area contributed by atoms with Crippen LogP contribution in [0.1, 0.15) is 19.8 Å². The van der Waals surface area contributed by atoms with Gasteiger partial charge in [-0.3, -0.25) is 4.79 Å². The highest BCUT2D eigenvalue weighted by Gasteiger charge is 2.31. The van der Waals surface area contributed by atoms with Gasteiger partial charge in [-0.25, -0.2) is 4.79 Å². The van der Waals surface area contributed by atoms with Crippen molar-refractivity contribution in [3.8, 4) is 0 Å². The monoisotopic (exact) mass is 244 g/mol. The van der Waals surface area contributed by atoms with Crippen LogP contribution >= 0.6 is 0 Å². The van der Waals surface area contributed by atoms with Crippen molar-refractivity contribution >= 4 is 11.9 Å². The molecule has 98 valence electrons. The van der Waals surface area contributed by atoms with Crippen molar-refractivity contribution in [2.75, 3.05) is 20.3 Å². The predicted molar refractivity (Wildman–Crippen MR) is 61.6 cm³/mol. The molecule has 1 heterocycles. The van der Waals surface area contributed by atoms with E-state index in [1.165, 1.54) is 7.11 Å². The molecule has 6 heteroatoms. The number of nitrogens with one attached hydrogen (secondary N) is 2. The summed E-state index contributed by atoms with van der Waals surface area (Å²) >= 11 is 0. The molecule has 3 unspecified atom stereocenters. The SMILES string of the molecule is COCCC(NC(=O)C1CCNC1C)C(=O)O. The quantitative estimate of drug-likeness (QED) is 0.591. The van der Waals surface area contributed by atoms with Crippen LogP contribution in [-0.4, -0.2) is 49.3 Å². The van der Waals surface area contributed by atoms with Crippen molar-refractivity contribution in [2.45, 2.75) is 31.8 Å². The third-order valence-electron chi connectivity index (χ3n) is 3.09. The minimum Gasteiger partial charge on any atom is -0.480 e. The maximum Gasteiger partial charge on any atom is 0.326 e. The van der Waals surface area contributed by atoms with Crippen molar-refractivity contribution in [1.29, 1.82) is 0 Å². The van der Waals surface area contributed by atoms with E-state index in [-0.39, 0.29) is 24.3 Å². The lowest BCUT2D eigenvalue weighted by Crippen LogP contribution is -2.46. The smallest absolute Gasteiger partial charge is 0.326 e. The van der Waals surface area contributed by atoms with Gasteiger partial charge in [-0.05, 0) is 19.9 Å². The van der Waals surface area contributed by atoms with E-state index in [0.717, 1.165) is 13.0 Å². The molecular formula is C11H20N2O4. The summed E-state index contributed by atoms with van der Waals surface area (Å²) in [5.74, 6) is -1.35. The first kappa shape index (κ1) is 13.9. The Balaban J connectivity index is 2.48. The molecule has 3 atom stereocenters. The van der Waals surface area contributed by atoms with Crippen LogP contribution in [0.2, 0.25) is 0 Å². The van der Waals surface area contributed by atoms with Gasteiger partial charge in [0.1, 0.15) is 6.04 Å². The summed E-state index contributed by atoms with van der Waals surface area (Å²) in [6.45, 7) is 3.05. The number of hydrogen-bond acceptors (Lipinski definition) is 4. The van der Waals surface area contributed by atoms with Gasteiger partial charge >= 0.3 is 5.97 Å². The van der Waals surface area contributed by atoms with E-state index in [1.54, 1.807) is 0 Å². The number of methoxy groups -OCH3 is 1. The van der Waals surface area contributed by atoms with Gasteiger partial charge in [0.25, 0.3) is 0 Å². The normalized spacial score (nSPS) is 25.5. The average molecular weight is 244 g/mol. The molecule has 0 aliphatic carbocycles. The lowest BCUT2D eigenvalue weighted by molar-refractivity contribution is -0.143. The number of carboxylic acids is 1. The van der Waals surface area contributed by atoms with Gasteiger partial charge in [0.05, 0.1) is 5.92 Å². The van der Waals surface area contributed by atoms with Gasteiger partial charge < -0.3 is 20.5 Å². The van der Waals surface area contributed by atoms with Crippen molar-refractivity contribution in [3.05, 3.63) is 0 Å². The number of hydrogen-bond donors (Lipinski definition) is 3. The van der Waals surface area contributed by atoms with Crippen LogP contribution in [-0.2, 0) is 14.3 Å². The van der Waals surface area contributed by atoms with Crippen molar-refractivity contribution in [2.24, 2.45) is 5.92 Å². The number of carbonyl (C=O) groups excluding carboxylic acids is 1. The molecule has 6 nitrogen and oxygen atoms in total. The Bertz CT molecular complexity index is 283. The lowest BCUT2D eigenvalue weighted by Gasteiger charge is -2.19. The highest BCUT2D eigenvalue weighted by atomic mass is 16.5. The Morgan fingerprint density at radius 3 is 2.76 bits per heavy atom. The Morgan fingerprint density at radius 1 is 1.59 bits per heavy atom. The topological polar surface area (TPSA) is 87.7 Å². The maximum absolute atomic E-state index is 11.9. The minimum absolute atomic E-state index is 0.104. The fourth-order valence-corrected chi connectivity index (χ4v) is 1.99. The number of amides is 1. The zero-order chi connectivity index (χ0) is 12.8. The molecule has 0 bridgehead atoms. The van der Waals surface area contributed by atoms with Crippen molar-refractivity contribution in [3.63, 3.8) is 0 Å². The van der Waals surface area contributed by atoms with Gasteiger partial charge in [-0.1, -0.05) is 0 Å². The van der Waals surface area contributed by atoms with Gasteiger partial charge in [0.15, 0.2) is 0 Å². The first-order chi connectivity index (χ1) is 8.06. The average Bonchev–Trinajstić information content (AvgIpc) is 2.70. The summed E-state index contributed by atoms with van der Waals surface area (Å²) in [5, 5.41) is 14.7. The lowest BCUT2D eigenvalue weighted by atomic mass is 10.0. The second-order valence-corrected chi connectivity index (χ2v) is 4.32. The molecule has 1 aliphatic rings. The summed E-state index contributed by atoms with van der Waals surface area (Å²) in [6, 6.07) is -0.762. The van der Waals surface area contributed by atoms with Crippen LogP contribution in [0.4, 0.5) is 0 Å². The molecule has 1 saturated heterocycles. The third-order valence-corrected chi connectivity index (χ3v) is 3.09. The van der Waals surface area contributed by atoms with E-state index in [0.29, 0.717) is 6.61 Å². The van der Waals surface area contributed by atoms with Crippen molar-refractivity contribution in [1.82, 2.24) is 10.6 Å². The zero-order valence-electron chi connectivity index (χ0n) is 10.2. The predicted octanol–water partition coefficient (Wildman–Crippen LogP) is -0.410. The van der Waals surface area contributed by atoms with Crippen LogP contribution < -0.4 is 10.6 Å². The van der Waals surface area contributed by atoms with Crippen LogP contribution in [0.3, 0.4) is 0 Å². The summed E-state index contributed by atoms with van der Waals surface area (Å²) in [7, 11) is 1.50. The van der Waals surface area contributed by atoms with Gasteiger partial charge in [-0.15, -0.1) is 0 Å². The van der Waals surface area contributed by atoms with E-state index >= 15 is 0 Å². The number of ether oxygens (including phenoxy) is 1. The molecule has 1 aliphatic heterocycles. The molecule has 1 amide bonds. The Labute approximate surface area is 101 Å². The highest BCUT2D eigenvalue weighted by Crippen LogP contribution is 2.15. The Kier molecular flexibility index (Phi) is 5.37. The second-order valence-electron chi connectivity index (χ2n) is 4.32. The molecule has 1 rings (SSSR count). The number of carboxylic acid groups (broad SMARTS) is 1. The number of aliphatic carboxylic acids is 1. The second kappa shape index (κ2) is 6.56. The van der Waals surface area contributed by atoms with Crippen molar-refractivity contribution < 1.29 is 19.4 Å². The highest BCUT2D eigenvalue weighted by molar-refractivity contribution is 5.85. The van der Waals surface area contributed by atoms with E-state index in [2.05, 4.69) is 10.6 Å². The fourth-order valence-electron chi connectivity index (χ4n) is 1.99. The van der Waals surface area contributed by atoms with Gasteiger partial charge in [0.2, 0.25) is 5.91 Å². The number of rotatable bonds is 6. The van der Waals surface area contributed by atoms with Crippen LogP contribution in [0, 0.1) is 5.92 Å². The first-order valence-electron chi connectivity index (χ1n) is 5.81. The standard InChI is InChI=1S/C11H20N2O4/c1-7-8(3-5-12-7)10(14)13-9(11(15)16)4-6-17-2/h7-9,12H,3-6H2,1-2H3,(H,13,14)(H,15,16). The van der Waals surface area contributed by atoms with Gasteiger partial charge in [-0.2, -0.15) is 0 Å². The summed E-state index contributed by atoms with van der Waals surface area (Å²) < 4.78 is 4.82. The molecule has 0 aromatic heterocycles. The molecule has 0 spiro atoms. The number of carbonyl (C=O) groups is 2. The molecule has 0 aromatic rings. The summed E-state index contributed by atoms with van der Waals surface area (Å²) in [4.78, 5) is 22.8. The molecule has 0 aromatic carbocycles. The van der Waals surface area contributed by atoms with Gasteiger partial charge in [0, 0.05) is 26.2 Å². The molecule has 0 saturated carbocycles. The first-order valence-corrected chi connectivity index (χ1v) is 5.81. The van der Waals surface area contributed by atoms with E-state index in [1.807, 2.05) is 6.92 Å². The van der Waals surface area contributed by atoms with Crippen LogP contribution in [0.5, 0.6) is 0 Å². The minimum atomic E-state index is -1.02.